The van der Waals surface area contributed by atoms with Crippen LogP contribution in [0.25, 0.3) is 11.4 Å². The molecule has 0 aliphatic carbocycles. The third-order valence-electron chi connectivity index (χ3n) is 3.72. The highest BCUT2D eigenvalue weighted by Gasteiger charge is 2.38. The van der Waals surface area contributed by atoms with Gasteiger partial charge in [-0.05, 0) is 18.6 Å². The van der Waals surface area contributed by atoms with Crippen LogP contribution >= 0.6 is 0 Å². The van der Waals surface area contributed by atoms with E-state index >= 15 is 0 Å². The normalized spacial score (nSPS) is 11.4. The molecule has 0 aliphatic rings. The lowest BCUT2D eigenvalue weighted by molar-refractivity contribution is -0.159. The molecule has 0 bridgehead atoms. The van der Waals surface area contributed by atoms with E-state index in [1.54, 1.807) is 0 Å². The van der Waals surface area contributed by atoms with Crippen molar-refractivity contribution in [3.05, 3.63) is 65.5 Å². The summed E-state index contributed by atoms with van der Waals surface area (Å²) in [4.78, 5) is 15.6. The molecule has 0 spiro atoms. The number of para-hydroxylation sites is 1. The number of carbonyl (C=O) groups is 1. The quantitative estimate of drug-likeness (QED) is 0.684. The maximum Gasteiger partial charge on any atom is 0.471 e. The van der Waals surface area contributed by atoms with Crippen molar-refractivity contribution >= 4 is 11.5 Å². The minimum Gasteiger partial charge on any atom is -0.377 e. The highest BCUT2D eigenvalue weighted by molar-refractivity contribution is 5.99. The SMILES string of the molecule is Cc1ccccc1NCC(=O)c1ccc(-c2noc(C(F)(F)F)n2)cc1. The van der Waals surface area contributed by atoms with Gasteiger partial charge in [0.2, 0.25) is 5.82 Å². The molecule has 1 heterocycles. The molecular weight excluding hydrogens is 347 g/mol. The summed E-state index contributed by atoms with van der Waals surface area (Å²) in [5.41, 5.74) is 2.64. The lowest BCUT2D eigenvalue weighted by Crippen LogP contribution is -2.14. The fourth-order valence-corrected chi connectivity index (χ4v) is 2.31. The molecule has 2 aromatic carbocycles. The number of anilines is 1. The zero-order chi connectivity index (χ0) is 18.7. The Morgan fingerprint density at radius 3 is 2.42 bits per heavy atom. The Kier molecular flexibility index (Phi) is 4.75. The van der Waals surface area contributed by atoms with Crippen molar-refractivity contribution in [3.63, 3.8) is 0 Å². The Labute approximate surface area is 146 Å². The summed E-state index contributed by atoms with van der Waals surface area (Å²) >= 11 is 0. The molecule has 0 aliphatic heterocycles. The van der Waals surface area contributed by atoms with Crippen LogP contribution in [-0.4, -0.2) is 22.5 Å². The molecule has 3 rings (SSSR count). The summed E-state index contributed by atoms with van der Waals surface area (Å²) in [5.74, 6) is -1.74. The van der Waals surface area contributed by atoms with E-state index in [9.17, 15) is 18.0 Å². The minimum absolute atomic E-state index is 0.102. The van der Waals surface area contributed by atoms with E-state index in [-0.39, 0.29) is 18.2 Å². The second-order valence-corrected chi connectivity index (χ2v) is 5.59. The second kappa shape index (κ2) is 6.99. The third kappa shape index (κ3) is 3.90. The summed E-state index contributed by atoms with van der Waals surface area (Å²) in [5, 5.41) is 6.37. The largest absolute Gasteiger partial charge is 0.471 e. The Bertz CT molecular complexity index is 918. The Hall–Kier alpha value is -3.16. The average Bonchev–Trinajstić information content (AvgIpc) is 3.11. The van der Waals surface area contributed by atoms with Crippen LogP contribution in [0.2, 0.25) is 0 Å². The van der Waals surface area contributed by atoms with Gasteiger partial charge in [0.15, 0.2) is 5.78 Å². The molecular formula is C18H14F3N3O2. The van der Waals surface area contributed by atoms with Crippen LogP contribution in [0.3, 0.4) is 0 Å². The van der Waals surface area contributed by atoms with Crippen molar-refractivity contribution in [2.24, 2.45) is 0 Å². The van der Waals surface area contributed by atoms with Gasteiger partial charge in [0.05, 0.1) is 6.54 Å². The van der Waals surface area contributed by atoms with Crippen LogP contribution < -0.4 is 5.32 Å². The fourth-order valence-electron chi connectivity index (χ4n) is 2.31. The number of carbonyl (C=O) groups excluding carboxylic acids is 1. The first-order chi connectivity index (χ1) is 12.3. The summed E-state index contributed by atoms with van der Waals surface area (Å²) in [6.45, 7) is 2.03. The van der Waals surface area contributed by atoms with E-state index in [0.29, 0.717) is 11.1 Å². The standard InChI is InChI=1S/C18H14F3N3O2/c1-11-4-2-3-5-14(11)22-10-15(25)12-6-8-13(9-7-12)16-23-17(26-24-16)18(19,20)21/h2-9,22H,10H2,1H3. The van der Waals surface area contributed by atoms with Gasteiger partial charge in [-0.15, -0.1) is 0 Å². The van der Waals surface area contributed by atoms with Gasteiger partial charge in [0.25, 0.3) is 0 Å². The number of hydrogen-bond donors (Lipinski definition) is 1. The van der Waals surface area contributed by atoms with Gasteiger partial charge in [-0.1, -0.05) is 47.6 Å². The number of benzene rings is 2. The number of Topliss-reactive ketones (excluding diaryl/α,β-unsaturated/α-hetero) is 1. The van der Waals surface area contributed by atoms with E-state index in [2.05, 4.69) is 20.0 Å². The van der Waals surface area contributed by atoms with Crippen molar-refractivity contribution in [3.8, 4) is 11.4 Å². The van der Waals surface area contributed by atoms with Crippen molar-refractivity contribution in [1.82, 2.24) is 10.1 Å². The van der Waals surface area contributed by atoms with Gasteiger partial charge >= 0.3 is 12.1 Å². The van der Waals surface area contributed by atoms with Gasteiger partial charge in [-0.25, -0.2) is 0 Å². The number of aryl methyl sites for hydroxylation is 1. The predicted octanol–water partition coefficient (Wildman–Crippen LogP) is 4.36. The summed E-state index contributed by atoms with van der Waals surface area (Å²) in [6, 6.07) is 13.6. The molecule has 0 saturated heterocycles. The van der Waals surface area contributed by atoms with Gasteiger partial charge in [-0.2, -0.15) is 18.2 Å². The van der Waals surface area contributed by atoms with Gasteiger partial charge in [0.1, 0.15) is 0 Å². The van der Waals surface area contributed by atoms with Crippen LogP contribution in [0.4, 0.5) is 18.9 Å². The zero-order valence-corrected chi connectivity index (χ0v) is 13.7. The Morgan fingerprint density at radius 1 is 1.12 bits per heavy atom. The molecule has 0 unspecified atom stereocenters. The number of nitrogens with one attached hydrogen (secondary N) is 1. The molecule has 0 fully saturated rings. The van der Waals surface area contributed by atoms with Crippen LogP contribution in [0.1, 0.15) is 21.8 Å². The van der Waals surface area contributed by atoms with Crippen molar-refractivity contribution < 1.29 is 22.5 Å². The first kappa shape index (κ1) is 17.7. The molecule has 0 radical (unpaired) electrons. The van der Waals surface area contributed by atoms with E-state index < -0.39 is 12.1 Å². The van der Waals surface area contributed by atoms with Crippen molar-refractivity contribution in [2.45, 2.75) is 13.1 Å². The highest BCUT2D eigenvalue weighted by atomic mass is 19.4. The topological polar surface area (TPSA) is 68.0 Å². The van der Waals surface area contributed by atoms with E-state index in [1.807, 2.05) is 31.2 Å². The van der Waals surface area contributed by atoms with Gasteiger partial charge < -0.3 is 9.84 Å². The van der Waals surface area contributed by atoms with Gasteiger partial charge in [0, 0.05) is 16.8 Å². The number of nitrogens with zero attached hydrogens (tertiary/aromatic N) is 2. The summed E-state index contributed by atoms with van der Waals surface area (Å²) in [7, 11) is 0. The molecule has 0 atom stereocenters. The molecule has 3 aromatic rings. The smallest absolute Gasteiger partial charge is 0.377 e. The van der Waals surface area contributed by atoms with E-state index in [4.69, 9.17) is 0 Å². The maximum atomic E-state index is 12.5. The Morgan fingerprint density at radius 2 is 1.81 bits per heavy atom. The van der Waals surface area contributed by atoms with Gasteiger partial charge in [-0.3, -0.25) is 4.79 Å². The predicted molar refractivity (Wildman–Crippen MR) is 88.7 cm³/mol. The monoisotopic (exact) mass is 361 g/mol. The molecule has 8 heteroatoms. The second-order valence-electron chi connectivity index (χ2n) is 5.59. The number of rotatable bonds is 5. The lowest BCUT2D eigenvalue weighted by Gasteiger charge is -2.08. The number of ketones is 1. The van der Waals surface area contributed by atoms with Crippen molar-refractivity contribution in [2.75, 3.05) is 11.9 Å². The van der Waals surface area contributed by atoms with E-state index in [0.717, 1.165) is 11.3 Å². The fraction of sp³-hybridized carbons (Fsp3) is 0.167. The number of hydrogen-bond acceptors (Lipinski definition) is 5. The van der Waals surface area contributed by atoms with Crippen molar-refractivity contribution in [1.29, 1.82) is 0 Å². The molecule has 0 saturated carbocycles. The van der Waals surface area contributed by atoms with Crippen LogP contribution in [0, 0.1) is 6.92 Å². The highest BCUT2D eigenvalue weighted by Crippen LogP contribution is 2.29. The van der Waals surface area contributed by atoms with E-state index in [1.165, 1.54) is 24.3 Å². The Balaban J connectivity index is 1.68. The maximum absolute atomic E-state index is 12.5. The van der Waals surface area contributed by atoms with Crippen LogP contribution in [0.15, 0.2) is 53.1 Å². The lowest BCUT2D eigenvalue weighted by atomic mass is 10.1. The molecule has 1 aromatic heterocycles. The zero-order valence-electron chi connectivity index (χ0n) is 13.7. The number of halogens is 3. The molecule has 0 amide bonds. The summed E-state index contributed by atoms with van der Waals surface area (Å²) in [6.07, 6.45) is -4.69. The molecule has 1 N–H and O–H groups in total. The third-order valence-corrected chi connectivity index (χ3v) is 3.72. The van der Waals surface area contributed by atoms with Crippen LogP contribution in [-0.2, 0) is 6.18 Å². The first-order valence-corrected chi connectivity index (χ1v) is 7.68. The average molecular weight is 361 g/mol. The summed E-state index contributed by atoms with van der Waals surface area (Å²) < 4.78 is 41.7. The molecule has 26 heavy (non-hydrogen) atoms. The number of alkyl halides is 3. The minimum atomic E-state index is -4.69. The van der Waals surface area contributed by atoms with Crippen LogP contribution in [0.5, 0.6) is 0 Å². The molecule has 5 nitrogen and oxygen atoms in total. The first-order valence-electron chi connectivity index (χ1n) is 7.68. The number of aromatic nitrogens is 2. The molecule has 134 valence electrons.